The summed E-state index contributed by atoms with van der Waals surface area (Å²) in [5.41, 5.74) is 0.0733. The molecule has 0 aliphatic rings. The molecule has 19 heavy (non-hydrogen) atoms. The van der Waals surface area contributed by atoms with Gasteiger partial charge < -0.3 is 14.6 Å². The summed E-state index contributed by atoms with van der Waals surface area (Å²) in [6.07, 6.45) is 0.923. The highest BCUT2D eigenvalue weighted by atomic mass is 16.5. The van der Waals surface area contributed by atoms with Crippen molar-refractivity contribution in [1.82, 2.24) is 0 Å². The van der Waals surface area contributed by atoms with Gasteiger partial charge in [-0.05, 0) is 38.0 Å². The third kappa shape index (κ3) is 3.24. The van der Waals surface area contributed by atoms with E-state index in [1.165, 1.54) is 14.2 Å². The summed E-state index contributed by atoms with van der Waals surface area (Å²) in [7, 11) is 2.97. The zero-order chi connectivity index (χ0) is 14.6. The molecular formula is C14H18O5. The minimum Gasteiger partial charge on any atom is -0.493 e. The lowest BCUT2D eigenvalue weighted by Gasteiger charge is -2.21. The van der Waals surface area contributed by atoms with Crippen molar-refractivity contribution in [3.05, 3.63) is 23.3 Å². The van der Waals surface area contributed by atoms with E-state index in [1.807, 2.05) is 0 Å². The van der Waals surface area contributed by atoms with Crippen LogP contribution in [-0.4, -0.2) is 31.6 Å². The third-order valence-electron chi connectivity index (χ3n) is 2.98. The van der Waals surface area contributed by atoms with Crippen LogP contribution >= 0.6 is 0 Å². The Morgan fingerprint density at radius 2 is 1.79 bits per heavy atom. The highest BCUT2D eigenvalue weighted by molar-refractivity contribution is 5.80. The molecule has 104 valence electrons. The van der Waals surface area contributed by atoms with Crippen LogP contribution < -0.4 is 9.47 Å². The Morgan fingerprint density at radius 3 is 2.21 bits per heavy atom. The van der Waals surface area contributed by atoms with Crippen LogP contribution in [0.2, 0.25) is 0 Å². The van der Waals surface area contributed by atoms with Crippen molar-refractivity contribution in [3.8, 4) is 11.5 Å². The number of hydrogen-bond acceptors (Lipinski definition) is 4. The number of hydrogen-bond donors (Lipinski definition) is 1. The molecule has 0 heterocycles. The zero-order valence-corrected chi connectivity index (χ0v) is 11.5. The molecule has 0 bridgehead atoms. The van der Waals surface area contributed by atoms with Gasteiger partial charge in [0, 0.05) is 5.56 Å². The van der Waals surface area contributed by atoms with Crippen LogP contribution in [0.5, 0.6) is 11.5 Å². The van der Waals surface area contributed by atoms with Gasteiger partial charge in [-0.3, -0.25) is 9.59 Å². The molecule has 0 amide bonds. The maximum absolute atomic E-state index is 11.2. The van der Waals surface area contributed by atoms with Gasteiger partial charge in [0.25, 0.3) is 0 Å². The lowest BCUT2D eigenvalue weighted by atomic mass is 9.84. The molecule has 0 aromatic heterocycles. The lowest BCUT2D eigenvalue weighted by molar-refractivity contribution is -0.146. The summed E-state index contributed by atoms with van der Waals surface area (Å²) in [6, 6.07) is 3.20. The zero-order valence-electron chi connectivity index (χ0n) is 11.5. The predicted octanol–water partition coefficient (Wildman–Crippen LogP) is 2.17. The molecule has 1 N–H and O–H groups in total. The van der Waals surface area contributed by atoms with Crippen molar-refractivity contribution in [3.63, 3.8) is 0 Å². The van der Waals surface area contributed by atoms with Gasteiger partial charge in [-0.15, -0.1) is 0 Å². The predicted molar refractivity (Wildman–Crippen MR) is 70.1 cm³/mol. The molecule has 1 aromatic rings. The molecule has 0 atom stereocenters. The van der Waals surface area contributed by atoms with E-state index in [0.717, 1.165) is 0 Å². The minimum absolute atomic E-state index is 0.233. The first-order valence-corrected chi connectivity index (χ1v) is 5.79. The first-order valence-electron chi connectivity index (χ1n) is 5.79. The quantitative estimate of drug-likeness (QED) is 0.799. The second-order valence-corrected chi connectivity index (χ2v) is 4.89. The van der Waals surface area contributed by atoms with Crippen LogP contribution in [0.25, 0.3) is 0 Å². The van der Waals surface area contributed by atoms with Crippen LogP contribution in [0.15, 0.2) is 12.1 Å². The van der Waals surface area contributed by atoms with Crippen LogP contribution in [-0.2, 0) is 11.2 Å². The number of benzene rings is 1. The highest BCUT2D eigenvalue weighted by Gasteiger charge is 2.29. The summed E-state index contributed by atoms with van der Waals surface area (Å²) in [5.74, 6) is 0.00454. The van der Waals surface area contributed by atoms with E-state index in [1.54, 1.807) is 26.0 Å². The Morgan fingerprint density at radius 1 is 1.26 bits per heavy atom. The summed E-state index contributed by atoms with van der Waals surface area (Å²) in [4.78, 5) is 22.3. The highest BCUT2D eigenvalue weighted by Crippen LogP contribution is 2.33. The van der Waals surface area contributed by atoms with Crippen LogP contribution in [0.3, 0.4) is 0 Å². The number of carboxylic acid groups (broad SMARTS) is 1. The van der Waals surface area contributed by atoms with Gasteiger partial charge in [0.05, 0.1) is 19.6 Å². The fourth-order valence-electron chi connectivity index (χ4n) is 1.75. The second-order valence-electron chi connectivity index (χ2n) is 4.89. The molecule has 1 aromatic carbocycles. The monoisotopic (exact) mass is 266 g/mol. The topological polar surface area (TPSA) is 72.8 Å². The van der Waals surface area contributed by atoms with Crippen molar-refractivity contribution < 1.29 is 24.2 Å². The first kappa shape index (κ1) is 15.0. The normalized spacial score (nSPS) is 10.9. The molecule has 5 heteroatoms. The van der Waals surface area contributed by atoms with Gasteiger partial charge in [0.1, 0.15) is 6.29 Å². The number of carbonyl (C=O) groups is 2. The van der Waals surface area contributed by atoms with Crippen LogP contribution in [0, 0.1) is 5.41 Å². The van der Waals surface area contributed by atoms with E-state index in [2.05, 4.69) is 0 Å². The van der Waals surface area contributed by atoms with E-state index in [-0.39, 0.29) is 6.42 Å². The molecule has 5 nitrogen and oxygen atoms in total. The van der Waals surface area contributed by atoms with Gasteiger partial charge in [-0.1, -0.05) is 0 Å². The second kappa shape index (κ2) is 5.73. The van der Waals surface area contributed by atoms with Crippen molar-refractivity contribution in [2.75, 3.05) is 14.2 Å². The molecule has 0 fully saturated rings. The molecule has 0 aliphatic heterocycles. The van der Waals surface area contributed by atoms with Gasteiger partial charge in [-0.2, -0.15) is 0 Å². The standard InChI is InChI=1S/C14H18O5/c1-14(2,13(16)17)7-9-5-11(18-3)12(19-4)6-10(9)8-15/h5-6,8H,7H2,1-4H3,(H,16,17). The molecule has 0 saturated carbocycles. The number of aldehydes is 1. The van der Waals surface area contributed by atoms with Gasteiger partial charge in [-0.25, -0.2) is 0 Å². The number of carboxylic acids is 1. The Hall–Kier alpha value is -2.04. The Balaban J connectivity index is 3.26. The molecular weight excluding hydrogens is 248 g/mol. The first-order chi connectivity index (χ1) is 8.85. The van der Waals surface area contributed by atoms with Gasteiger partial charge in [0.15, 0.2) is 11.5 Å². The molecule has 0 aliphatic carbocycles. The molecule has 0 radical (unpaired) electrons. The average Bonchev–Trinajstić information content (AvgIpc) is 2.37. The number of methoxy groups -OCH3 is 2. The van der Waals surface area contributed by atoms with E-state index in [0.29, 0.717) is 28.9 Å². The summed E-state index contributed by atoms with van der Waals surface area (Å²) in [6.45, 7) is 3.22. The number of aliphatic carboxylic acids is 1. The maximum atomic E-state index is 11.2. The van der Waals surface area contributed by atoms with Gasteiger partial charge in [0.2, 0.25) is 0 Å². The minimum atomic E-state index is -0.961. The molecule has 1 rings (SSSR count). The van der Waals surface area contributed by atoms with Crippen LogP contribution in [0.4, 0.5) is 0 Å². The summed E-state index contributed by atoms with van der Waals surface area (Å²) in [5, 5.41) is 9.15. The largest absolute Gasteiger partial charge is 0.493 e. The van der Waals surface area contributed by atoms with E-state index in [4.69, 9.17) is 14.6 Å². The van der Waals surface area contributed by atoms with Crippen molar-refractivity contribution in [2.24, 2.45) is 5.41 Å². The van der Waals surface area contributed by atoms with E-state index < -0.39 is 11.4 Å². The average molecular weight is 266 g/mol. The van der Waals surface area contributed by atoms with Gasteiger partial charge >= 0.3 is 5.97 Å². The van der Waals surface area contributed by atoms with Crippen LogP contribution in [0.1, 0.15) is 29.8 Å². The number of carbonyl (C=O) groups excluding carboxylic acids is 1. The molecule has 0 unspecified atom stereocenters. The summed E-state index contributed by atoms with van der Waals surface area (Å²) >= 11 is 0. The Bertz CT molecular complexity index is 491. The third-order valence-corrected chi connectivity index (χ3v) is 2.98. The fourth-order valence-corrected chi connectivity index (χ4v) is 1.75. The fraction of sp³-hybridized carbons (Fsp3) is 0.429. The number of ether oxygens (including phenoxy) is 2. The van der Waals surface area contributed by atoms with E-state index >= 15 is 0 Å². The SMILES string of the molecule is COc1cc(C=O)c(CC(C)(C)C(=O)O)cc1OC. The molecule has 0 spiro atoms. The smallest absolute Gasteiger partial charge is 0.309 e. The lowest BCUT2D eigenvalue weighted by Crippen LogP contribution is -2.26. The Kier molecular flexibility index (Phi) is 4.53. The number of rotatable bonds is 6. The summed E-state index contributed by atoms with van der Waals surface area (Å²) < 4.78 is 10.3. The van der Waals surface area contributed by atoms with Crippen molar-refractivity contribution in [2.45, 2.75) is 20.3 Å². The molecule has 0 saturated heterocycles. The maximum Gasteiger partial charge on any atom is 0.309 e. The van der Waals surface area contributed by atoms with Crippen molar-refractivity contribution >= 4 is 12.3 Å². The van der Waals surface area contributed by atoms with Crippen molar-refractivity contribution in [1.29, 1.82) is 0 Å². The Labute approximate surface area is 112 Å². The van der Waals surface area contributed by atoms with E-state index in [9.17, 15) is 9.59 Å².